The molecule has 0 fully saturated rings. The van der Waals surface area contributed by atoms with Gasteiger partial charge in [0.15, 0.2) is 0 Å². The lowest BCUT2D eigenvalue weighted by Gasteiger charge is -1.98. The zero-order chi connectivity index (χ0) is 8.27. The van der Waals surface area contributed by atoms with Crippen molar-refractivity contribution in [3.63, 3.8) is 0 Å². The molecule has 1 nitrogen and oxygen atoms in total. The standard InChI is InChI=1S/C8H8BrFO/c9-2-1-6-3-7(10)5-8(11)4-6/h3-5,11H,1-2H2. The number of rotatable bonds is 2. The van der Waals surface area contributed by atoms with Crippen LogP contribution in [0.4, 0.5) is 4.39 Å². The molecule has 0 aromatic heterocycles. The van der Waals surface area contributed by atoms with E-state index in [4.69, 9.17) is 5.11 Å². The number of hydrogen-bond acceptors (Lipinski definition) is 1. The van der Waals surface area contributed by atoms with Crippen molar-refractivity contribution in [1.29, 1.82) is 0 Å². The number of halogens is 2. The molecule has 1 rings (SSSR count). The highest BCUT2D eigenvalue weighted by atomic mass is 79.9. The minimum Gasteiger partial charge on any atom is -0.508 e. The fraction of sp³-hybridized carbons (Fsp3) is 0.250. The van der Waals surface area contributed by atoms with Crippen LogP contribution < -0.4 is 0 Å². The molecular weight excluding hydrogens is 211 g/mol. The Kier molecular flexibility index (Phi) is 2.88. The quantitative estimate of drug-likeness (QED) is 0.757. The molecule has 0 atom stereocenters. The molecule has 0 aliphatic heterocycles. The number of benzene rings is 1. The Morgan fingerprint density at radius 2 is 2.09 bits per heavy atom. The Balaban J connectivity index is 2.89. The number of alkyl halides is 1. The van der Waals surface area contributed by atoms with Crippen LogP contribution in [0.25, 0.3) is 0 Å². The molecule has 1 aromatic rings. The van der Waals surface area contributed by atoms with Gasteiger partial charge in [0, 0.05) is 11.4 Å². The Bertz CT molecular complexity index is 230. The maximum atomic E-state index is 12.6. The number of aryl methyl sites for hydroxylation is 1. The molecule has 0 saturated carbocycles. The fourth-order valence-electron chi connectivity index (χ4n) is 0.887. The Morgan fingerprint density at radius 1 is 1.36 bits per heavy atom. The molecule has 11 heavy (non-hydrogen) atoms. The summed E-state index contributed by atoms with van der Waals surface area (Å²) in [4.78, 5) is 0. The van der Waals surface area contributed by atoms with Crippen LogP contribution in [-0.4, -0.2) is 10.4 Å². The lowest BCUT2D eigenvalue weighted by Crippen LogP contribution is -1.86. The fourth-order valence-corrected chi connectivity index (χ4v) is 1.34. The van der Waals surface area contributed by atoms with Crippen LogP contribution in [0.2, 0.25) is 0 Å². The summed E-state index contributed by atoms with van der Waals surface area (Å²) in [5, 5.41) is 9.74. The largest absolute Gasteiger partial charge is 0.508 e. The highest BCUT2D eigenvalue weighted by Crippen LogP contribution is 2.15. The van der Waals surface area contributed by atoms with Crippen molar-refractivity contribution < 1.29 is 9.50 Å². The van der Waals surface area contributed by atoms with Crippen molar-refractivity contribution in [2.24, 2.45) is 0 Å². The summed E-state index contributed by atoms with van der Waals surface area (Å²) >= 11 is 3.23. The van der Waals surface area contributed by atoms with Crippen LogP contribution in [0.5, 0.6) is 5.75 Å². The monoisotopic (exact) mass is 218 g/mol. The lowest BCUT2D eigenvalue weighted by molar-refractivity contribution is 0.468. The summed E-state index contributed by atoms with van der Waals surface area (Å²) in [6, 6.07) is 4.07. The summed E-state index contributed by atoms with van der Waals surface area (Å²) in [7, 11) is 0. The molecule has 1 aromatic carbocycles. The van der Waals surface area contributed by atoms with Gasteiger partial charge >= 0.3 is 0 Å². The van der Waals surface area contributed by atoms with Crippen molar-refractivity contribution in [3.05, 3.63) is 29.6 Å². The van der Waals surface area contributed by atoms with Gasteiger partial charge in [-0.25, -0.2) is 4.39 Å². The van der Waals surface area contributed by atoms with Crippen LogP contribution in [0.15, 0.2) is 18.2 Å². The third-order valence-corrected chi connectivity index (χ3v) is 1.72. The third-order valence-electron chi connectivity index (χ3n) is 1.33. The van der Waals surface area contributed by atoms with E-state index in [-0.39, 0.29) is 11.6 Å². The molecule has 1 N–H and O–H groups in total. The molecule has 0 heterocycles. The van der Waals surface area contributed by atoms with Crippen LogP contribution in [-0.2, 0) is 6.42 Å². The van der Waals surface area contributed by atoms with Gasteiger partial charge in [-0.15, -0.1) is 0 Å². The van der Waals surface area contributed by atoms with E-state index in [1.54, 1.807) is 6.07 Å². The molecular formula is C8H8BrFO. The second kappa shape index (κ2) is 3.72. The van der Waals surface area contributed by atoms with E-state index in [9.17, 15) is 4.39 Å². The normalized spacial score (nSPS) is 10.0. The maximum absolute atomic E-state index is 12.6. The van der Waals surface area contributed by atoms with Crippen molar-refractivity contribution >= 4 is 15.9 Å². The minimum atomic E-state index is -0.388. The second-order valence-corrected chi connectivity index (χ2v) is 3.05. The first kappa shape index (κ1) is 8.53. The van der Waals surface area contributed by atoms with Crippen molar-refractivity contribution in [2.75, 3.05) is 5.33 Å². The predicted octanol–water partition coefficient (Wildman–Crippen LogP) is 2.47. The minimum absolute atomic E-state index is 0.0130. The van der Waals surface area contributed by atoms with Gasteiger partial charge in [0.05, 0.1) is 0 Å². The number of phenolic OH excluding ortho intramolecular Hbond substituents is 1. The Labute approximate surface area is 73.0 Å². The van der Waals surface area contributed by atoms with E-state index < -0.39 is 0 Å². The van der Waals surface area contributed by atoms with E-state index >= 15 is 0 Å². The van der Waals surface area contributed by atoms with Gasteiger partial charge in [-0.2, -0.15) is 0 Å². The summed E-state index contributed by atoms with van der Waals surface area (Å²) < 4.78 is 12.6. The number of phenols is 1. The van der Waals surface area contributed by atoms with Gasteiger partial charge < -0.3 is 5.11 Å². The molecule has 0 aliphatic carbocycles. The summed E-state index contributed by atoms with van der Waals surface area (Å²) in [6.45, 7) is 0. The Hall–Kier alpha value is -0.570. The van der Waals surface area contributed by atoms with E-state index in [1.165, 1.54) is 6.07 Å². The summed E-state index contributed by atoms with van der Waals surface area (Å²) in [5.74, 6) is -0.401. The van der Waals surface area contributed by atoms with Crippen LogP contribution in [0.1, 0.15) is 5.56 Å². The van der Waals surface area contributed by atoms with Crippen molar-refractivity contribution in [2.45, 2.75) is 6.42 Å². The van der Waals surface area contributed by atoms with Gasteiger partial charge in [-0.3, -0.25) is 0 Å². The lowest BCUT2D eigenvalue weighted by atomic mass is 10.1. The molecule has 0 spiro atoms. The van der Waals surface area contributed by atoms with Gasteiger partial charge in [-0.1, -0.05) is 15.9 Å². The van der Waals surface area contributed by atoms with Crippen molar-refractivity contribution in [3.8, 4) is 5.75 Å². The maximum Gasteiger partial charge on any atom is 0.127 e. The first-order valence-corrected chi connectivity index (χ1v) is 4.39. The third kappa shape index (κ3) is 2.50. The molecule has 0 aliphatic rings. The SMILES string of the molecule is Oc1cc(F)cc(CCBr)c1. The average Bonchev–Trinajstić information content (AvgIpc) is 1.85. The molecule has 0 amide bonds. The summed E-state index contributed by atoms with van der Waals surface area (Å²) in [5.41, 5.74) is 0.805. The second-order valence-electron chi connectivity index (χ2n) is 2.26. The van der Waals surface area contributed by atoms with Gasteiger partial charge in [-0.05, 0) is 24.1 Å². The van der Waals surface area contributed by atoms with E-state index in [1.807, 2.05) is 0 Å². The van der Waals surface area contributed by atoms with Crippen LogP contribution in [0.3, 0.4) is 0 Å². The number of aromatic hydroxyl groups is 1. The molecule has 0 bridgehead atoms. The smallest absolute Gasteiger partial charge is 0.127 e. The molecule has 0 unspecified atom stereocenters. The molecule has 0 saturated heterocycles. The van der Waals surface area contributed by atoms with Gasteiger partial charge in [0.25, 0.3) is 0 Å². The highest BCUT2D eigenvalue weighted by molar-refractivity contribution is 9.09. The van der Waals surface area contributed by atoms with Crippen LogP contribution in [0, 0.1) is 5.82 Å². The highest BCUT2D eigenvalue weighted by Gasteiger charge is 1.97. The van der Waals surface area contributed by atoms with Crippen LogP contribution >= 0.6 is 15.9 Å². The average molecular weight is 219 g/mol. The van der Waals surface area contributed by atoms with Crippen molar-refractivity contribution in [1.82, 2.24) is 0 Å². The van der Waals surface area contributed by atoms with E-state index in [0.717, 1.165) is 23.4 Å². The zero-order valence-corrected chi connectivity index (χ0v) is 7.44. The predicted molar refractivity (Wildman–Crippen MR) is 45.6 cm³/mol. The summed E-state index contributed by atoms with van der Waals surface area (Å²) in [6.07, 6.45) is 0.728. The first-order chi connectivity index (χ1) is 5.22. The molecule has 3 heteroatoms. The molecule has 0 radical (unpaired) electrons. The topological polar surface area (TPSA) is 20.2 Å². The van der Waals surface area contributed by atoms with Gasteiger partial charge in [0.2, 0.25) is 0 Å². The zero-order valence-electron chi connectivity index (χ0n) is 5.85. The number of hydrogen-bond donors (Lipinski definition) is 1. The molecule has 60 valence electrons. The Morgan fingerprint density at radius 3 is 2.64 bits per heavy atom. The van der Waals surface area contributed by atoms with E-state index in [0.29, 0.717) is 0 Å². The van der Waals surface area contributed by atoms with Gasteiger partial charge in [0.1, 0.15) is 11.6 Å². The van der Waals surface area contributed by atoms with E-state index in [2.05, 4.69) is 15.9 Å². The first-order valence-electron chi connectivity index (χ1n) is 3.27.